The van der Waals surface area contributed by atoms with E-state index in [1.165, 1.54) is 0 Å². The van der Waals surface area contributed by atoms with Crippen molar-refractivity contribution in [1.82, 2.24) is 9.78 Å². The van der Waals surface area contributed by atoms with E-state index >= 15 is 0 Å². The third-order valence-corrected chi connectivity index (χ3v) is 2.59. The Kier molecular flexibility index (Phi) is 3.03. The monoisotopic (exact) mass is 217 g/mol. The van der Waals surface area contributed by atoms with Crippen LogP contribution in [0.1, 0.15) is 23.3 Å². The number of aliphatic hydroxyl groups excluding tert-OH is 1. The molecule has 16 heavy (non-hydrogen) atoms. The Morgan fingerprint density at radius 2 is 1.94 bits per heavy atom. The largest absolute Gasteiger partial charge is 0.386 e. The lowest BCUT2D eigenvalue weighted by Crippen LogP contribution is -2.19. The van der Waals surface area contributed by atoms with Crippen molar-refractivity contribution in [3.63, 3.8) is 0 Å². The van der Waals surface area contributed by atoms with Crippen LogP contribution in [0.5, 0.6) is 0 Å². The normalized spacial score (nSPS) is 14.7. The molecule has 2 rings (SSSR count). The predicted octanol–water partition coefficient (Wildman–Crippen LogP) is 1.15. The number of nitrogens with zero attached hydrogens (tertiary/aromatic N) is 2. The van der Waals surface area contributed by atoms with Crippen molar-refractivity contribution in [1.29, 1.82) is 0 Å². The molecule has 4 heteroatoms. The highest BCUT2D eigenvalue weighted by atomic mass is 16.3. The highest BCUT2D eigenvalue weighted by Gasteiger charge is 2.19. The average molecular weight is 217 g/mol. The molecule has 0 saturated heterocycles. The first-order valence-electron chi connectivity index (χ1n) is 5.15. The fraction of sp³-hybridized carbons (Fsp3) is 0.250. The second-order valence-electron chi connectivity index (χ2n) is 3.83. The van der Waals surface area contributed by atoms with E-state index in [1.54, 1.807) is 10.9 Å². The quantitative estimate of drug-likeness (QED) is 0.810. The Morgan fingerprint density at radius 1 is 1.25 bits per heavy atom. The van der Waals surface area contributed by atoms with Gasteiger partial charge in [0.2, 0.25) is 0 Å². The molecule has 1 aromatic carbocycles. The molecule has 0 bridgehead atoms. The Bertz CT molecular complexity index is 452. The summed E-state index contributed by atoms with van der Waals surface area (Å²) < 4.78 is 1.67. The molecule has 0 spiro atoms. The van der Waals surface area contributed by atoms with Gasteiger partial charge in [0, 0.05) is 18.8 Å². The van der Waals surface area contributed by atoms with Gasteiger partial charge in [0.1, 0.15) is 0 Å². The summed E-state index contributed by atoms with van der Waals surface area (Å²) in [7, 11) is 1.82. The topological polar surface area (TPSA) is 64.1 Å². The van der Waals surface area contributed by atoms with Gasteiger partial charge in [0.15, 0.2) is 0 Å². The minimum atomic E-state index is -0.703. The molecule has 1 aromatic heterocycles. The fourth-order valence-electron chi connectivity index (χ4n) is 1.65. The van der Waals surface area contributed by atoms with E-state index < -0.39 is 12.1 Å². The van der Waals surface area contributed by atoms with E-state index in [0.717, 1.165) is 11.1 Å². The van der Waals surface area contributed by atoms with Crippen LogP contribution in [0.15, 0.2) is 42.7 Å². The summed E-state index contributed by atoms with van der Waals surface area (Å²) in [6, 6.07) is 8.95. The van der Waals surface area contributed by atoms with Crippen LogP contribution in [-0.2, 0) is 7.05 Å². The Morgan fingerprint density at radius 3 is 2.50 bits per heavy atom. The van der Waals surface area contributed by atoms with Crippen molar-refractivity contribution in [2.24, 2.45) is 12.8 Å². The standard InChI is InChI=1S/C12H15N3O/c1-15-8-10(7-14-15)11(13)12(16)9-5-3-2-4-6-9/h2-8,11-12,16H,13H2,1H3. The van der Waals surface area contributed by atoms with Gasteiger partial charge >= 0.3 is 0 Å². The smallest absolute Gasteiger partial charge is 0.0983 e. The van der Waals surface area contributed by atoms with E-state index in [-0.39, 0.29) is 0 Å². The number of hydrogen-bond donors (Lipinski definition) is 2. The highest BCUT2D eigenvalue weighted by Crippen LogP contribution is 2.25. The van der Waals surface area contributed by atoms with Gasteiger partial charge in [0.25, 0.3) is 0 Å². The van der Waals surface area contributed by atoms with Crippen LogP contribution in [0.25, 0.3) is 0 Å². The maximum absolute atomic E-state index is 10.1. The van der Waals surface area contributed by atoms with Crippen molar-refractivity contribution in [3.8, 4) is 0 Å². The lowest BCUT2D eigenvalue weighted by atomic mass is 9.99. The molecule has 4 nitrogen and oxygen atoms in total. The van der Waals surface area contributed by atoms with Gasteiger partial charge in [-0.05, 0) is 5.56 Å². The molecule has 0 aliphatic heterocycles. The summed E-state index contributed by atoms with van der Waals surface area (Å²) in [5.41, 5.74) is 7.63. The van der Waals surface area contributed by atoms with Crippen LogP contribution in [0, 0.1) is 0 Å². The van der Waals surface area contributed by atoms with E-state index in [4.69, 9.17) is 5.73 Å². The molecule has 1 heterocycles. The number of benzene rings is 1. The first kappa shape index (κ1) is 10.9. The summed E-state index contributed by atoms with van der Waals surface area (Å²) in [6.45, 7) is 0. The Labute approximate surface area is 94.3 Å². The average Bonchev–Trinajstić information content (AvgIpc) is 2.75. The Balaban J connectivity index is 2.19. The van der Waals surface area contributed by atoms with Gasteiger partial charge in [-0.2, -0.15) is 5.10 Å². The molecule has 0 fully saturated rings. The summed E-state index contributed by atoms with van der Waals surface area (Å²) in [4.78, 5) is 0. The number of aliphatic hydroxyl groups is 1. The molecule has 0 saturated carbocycles. The summed E-state index contributed by atoms with van der Waals surface area (Å²) >= 11 is 0. The van der Waals surface area contributed by atoms with Crippen molar-refractivity contribution in [2.45, 2.75) is 12.1 Å². The molecule has 84 valence electrons. The van der Waals surface area contributed by atoms with Crippen LogP contribution < -0.4 is 5.73 Å². The van der Waals surface area contributed by atoms with E-state index in [9.17, 15) is 5.11 Å². The van der Waals surface area contributed by atoms with E-state index in [0.29, 0.717) is 0 Å². The zero-order valence-electron chi connectivity index (χ0n) is 9.12. The van der Waals surface area contributed by atoms with Gasteiger partial charge in [-0.15, -0.1) is 0 Å². The van der Waals surface area contributed by atoms with E-state index in [2.05, 4.69) is 5.10 Å². The molecule has 0 aliphatic rings. The Hall–Kier alpha value is -1.65. The molecular weight excluding hydrogens is 202 g/mol. The lowest BCUT2D eigenvalue weighted by Gasteiger charge is -2.17. The molecule has 3 N–H and O–H groups in total. The number of aromatic nitrogens is 2. The van der Waals surface area contributed by atoms with Crippen LogP contribution in [-0.4, -0.2) is 14.9 Å². The number of nitrogens with two attached hydrogens (primary N) is 1. The van der Waals surface area contributed by atoms with Crippen molar-refractivity contribution in [2.75, 3.05) is 0 Å². The molecule has 2 aromatic rings. The summed E-state index contributed by atoms with van der Waals surface area (Å²) in [5.74, 6) is 0. The first-order valence-corrected chi connectivity index (χ1v) is 5.15. The van der Waals surface area contributed by atoms with Crippen LogP contribution in [0.4, 0.5) is 0 Å². The number of aryl methyl sites for hydroxylation is 1. The molecule has 2 atom stereocenters. The van der Waals surface area contributed by atoms with Gasteiger partial charge in [-0.25, -0.2) is 0 Å². The highest BCUT2D eigenvalue weighted by molar-refractivity contribution is 5.22. The van der Waals surface area contributed by atoms with Gasteiger partial charge in [-0.3, -0.25) is 4.68 Å². The second-order valence-corrected chi connectivity index (χ2v) is 3.83. The maximum Gasteiger partial charge on any atom is 0.0983 e. The SMILES string of the molecule is Cn1cc(C(N)C(O)c2ccccc2)cn1. The van der Waals surface area contributed by atoms with Crippen molar-refractivity contribution < 1.29 is 5.11 Å². The number of rotatable bonds is 3. The molecule has 0 aliphatic carbocycles. The maximum atomic E-state index is 10.1. The minimum absolute atomic E-state index is 0.448. The van der Waals surface area contributed by atoms with Gasteiger partial charge in [-0.1, -0.05) is 30.3 Å². The zero-order chi connectivity index (χ0) is 11.5. The lowest BCUT2D eigenvalue weighted by molar-refractivity contribution is 0.147. The predicted molar refractivity (Wildman–Crippen MR) is 61.5 cm³/mol. The molecular formula is C12H15N3O. The van der Waals surface area contributed by atoms with Crippen LogP contribution >= 0.6 is 0 Å². The minimum Gasteiger partial charge on any atom is -0.386 e. The van der Waals surface area contributed by atoms with E-state index in [1.807, 2.05) is 43.6 Å². The first-order chi connectivity index (χ1) is 7.68. The number of hydrogen-bond acceptors (Lipinski definition) is 3. The molecule has 2 unspecified atom stereocenters. The molecule has 0 radical (unpaired) electrons. The summed E-state index contributed by atoms with van der Waals surface area (Å²) in [6.07, 6.45) is 2.79. The molecule has 0 amide bonds. The van der Waals surface area contributed by atoms with Crippen molar-refractivity contribution >= 4 is 0 Å². The van der Waals surface area contributed by atoms with Gasteiger partial charge < -0.3 is 10.8 Å². The third-order valence-electron chi connectivity index (χ3n) is 2.59. The third kappa shape index (κ3) is 2.13. The van der Waals surface area contributed by atoms with Crippen LogP contribution in [0.3, 0.4) is 0 Å². The fourth-order valence-corrected chi connectivity index (χ4v) is 1.65. The van der Waals surface area contributed by atoms with Gasteiger partial charge in [0.05, 0.1) is 18.3 Å². The van der Waals surface area contributed by atoms with Crippen LogP contribution in [0.2, 0.25) is 0 Å². The second kappa shape index (κ2) is 4.47. The van der Waals surface area contributed by atoms with Crippen molar-refractivity contribution in [3.05, 3.63) is 53.9 Å². The summed E-state index contributed by atoms with van der Waals surface area (Å²) in [5, 5.41) is 14.1. The zero-order valence-corrected chi connectivity index (χ0v) is 9.12.